The third-order valence-electron chi connectivity index (χ3n) is 4.38. The summed E-state index contributed by atoms with van der Waals surface area (Å²) in [6.45, 7) is 13.7. The normalized spacial score (nSPS) is 12.9. The Hall–Kier alpha value is -2.16. The van der Waals surface area contributed by atoms with Gasteiger partial charge in [-0.15, -0.1) is 0 Å². The fraction of sp³-hybridized carbons (Fsp3) is 0.429. The van der Waals surface area contributed by atoms with Crippen LogP contribution in [-0.4, -0.2) is 27.5 Å². The highest BCUT2D eigenvalue weighted by atomic mass is 16.5. The summed E-state index contributed by atoms with van der Waals surface area (Å²) in [6, 6.07) is 8.23. The summed E-state index contributed by atoms with van der Waals surface area (Å²) in [5.41, 5.74) is 5.44. The van der Waals surface area contributed by atoms with Crippen molar-refractivity contribution in [3.63, 3.8) is 0 Å². The van der Waals surface area contributed by atoms with Gasteiger partial charge < -0.3 is 0 Å². The highest BCUT2D eigenvalue weighted by Crippen LogP contribution is 2.36. The summed E-state index contributed by atoms with van der Waals surface area (Å²) in [6.07, 6.45) is 1.72. The second-order valence-corrected chi connectivity index (χ2v) is 7.82. The van der Waals surface area contributed by atoms with Crippen LogP contribution in [-0.2, 0) is 0 Å². The zero-order valence-corrected chi connectivity index (χ0v) is 15.8. The van der Waals surface area contributed by atoms with Crippen LogP contribution in [0.5, 0.6) is 0 Å². The van der Waals surface area contributed by atoms with Gasteiger partial charge >= 0.3 is 0 Å². The Morgan fingerprint density at radius 2 is 1.83 bits per heavy atom. The number of nitrogens with zero attached hydrogens (tertiary/aromatic N) is 1. The van der Waals surface area contributed by atoms with Crippen molar-refractivity contribution in [2.75, 3.05) is 0 Å². The van der Waals surface area contributed by atoms with Crippen molar-refractivity contribution >= 4 is 12.0 Å². The van der Waals surface area contributed by atoms with E-state index in [9.17, 15) is 10.0 Å². The summed E-state index contributed by atoms with van der Waals surface area (Å²) in [4.78, 5) is 12.1. The van der Waals surface area contributed by atoms with Gasteiger partial charge in [-0.3, -0.25) is 10.0 Å². The first-order chi connectivity index (χ1) is 11.0. The van der Waals surface area contributed by atoms with Crippen molar-refractivity contribution in [2.45, 2.75) is 59.9 Å². The molecule has 2 aliphatic carbocycles. The molecule has 0 aromatic carbocycles. The van der Waals surface area contributed by atoms with Gasteiger partial charge in [0.2, 0.25) is 11.8 Å². The van der Waals surface area contributed by atoms with E-state index in [4.69, 9.17) is 0 Å². The van der Waals surface area contributed by atoms with Crippen LogP contribution in [0.15, 0.2) is 24.3 Å². The van der Waals surface area contributed by atoms with Crippen molar-refractivity contribution in [1.82, 2.24) is 0 Å². The highest BCUT2D eigenvalue weighted by Gasteiger charge is 2.27. The summed E-state index contributed by atoms with van der Waals surface area (Å²) in [5, 5.41) is 10.3. The first-order valence-corrected chi connectivity index (χ1v) is 8.43. The van der Waals surface area contributed by atoms with Crippen LogP contribution >= 0.6 is 0 Å². The summed E-state index contributed by atoms with van der Waals surface area (Å²) < 4.78 is 1.21. The van der Waals surface area contributed by atoms with Gasteiger partial charge in [0.1, 0.15) is 0 Å². The topological polar surface area (TPSA) is 40.3 Å². The lowest BCUT2D eigenvalue weighted by molar-refractivity contribution is -0.816. The third-order valence-corrected chi connectivity index (χ3v) is 4.38. The molecule has 0 saturated carbocycles. The predicted molar refractivity (Wildman–Crippen MR) is 98.9 cm³/mol. The molecule has 0 aliphatic heterocycles. The van der Waals surface area contributed by atoms with Crippen molar-refractivity contribution in [2.24, 2.45) is 0 Å². The van der Waals surface area contributed by atoms with Gasteiger partial charge in [-0.05, 0) is 52.8 Å². The number of hydroxylamine groups is 1. The lowest BCUT2D eigenvalue weighted by Crippen LogP contribution is -2.31. The molecule has 0 bridgehead atoms. The van der Waals surface area contributed by atoms with Crippen LogP contribution in [0.2, 0.25) is 0 Å². The standard InChI is InChI=1S/C21H28NO2/c1-13(2)16-9-8-14(3)20-18(15(4)23)11-17(19(20)10-16)12-22(24)21(5,6)7/h8-13,24H,1-7H3/q+1/b22-12-. The molecule has 2 aliphatic rings. The lowest BCUT2D eigenvalue weighted by Gasteiger charge is -2.09. The second kappa shape index (κ2) is 6.39. The van der Waals surface area contributed by atoms with Gasteiger partial charge in [0.25, 0.3) is 0 Å². The number of fused-ring (bicyclic) bond motifs is 1. The Labute approximate surface area is 144 Å². The molecular weight excluding hydrogens is 298 g/mol. The number of ketones is 1. The summed E-state index contributed by atoms with van der Waals surface area (Å²) in [7, 11) is 0. The Balaban J connectivity index is 2.82. The van der Waals surface area contributed by atoms with Gasteiger partial charge in [0.15, 0.2) is 5.78 Å². The molecule has 0 heterocycles. The summed E-state index contributed by atoms with van der Waals surface area (Å²) >= 11 is 0. The molecular formula is C21H28NO2+. The van der Waals surface area contributed by atoms with E-state index in [2.05, 4.69) is 32.0 Å². The van der Waals surface area contributed by atoms with Gasteiger partial charge in [-0.1, -0.05) is 32.0 Å². The minimum absolute atomic E-state index is 0.0419. The quantitative estimate of drug-likeness (QED) is 0.282. The van der Waals surface area contributed by atoms with Crippen LogP contribution in [0.4, 0.5) is 0 Å². The van der Waals surface area contributed by atoms with Crippen LogP contribution in [0, 0.1) is 6.92 Å². The molecule has 24 heavy (non-hydrogen) atoms. The molecule has 1 N–H and O–H groups in total. The largest absolute Gasteiger partial charge is 0.294 e. The Morgan fingerprint density at radius 1 is 1.21 bits per heavy atom. The minimum Gasteiger partial charge on any atom is -0.294 e. The Bertz CT molecular complexity index is 779. The fourth-order valence-corrected chi connectivity index (χ4v) is 2.76. The lowest BCUT2D eigenvalue weighted by atomic mass is 9.99. The van der Waals surface area contributed by atoms with Gasteiger partial charge in [0.05, 0.1) is 5.56 Å². The zero-order valence-electron chi connectivity index (χ0n) is 15.8. The first-order valence-electron chi connectivity index (χ1n) is 8.43. The number of aryl methyl sites for hydroxylation is 1. The van der Waals surface area contributed by atoms with Crippen molar-refractivity contribution in [3.05, 3.63) is 46.5 Å². The minimum atomic E-state index is -0.410. The summed E-state index contributed by atoms with van der Waals surface area (Å²) in [5.74, 6) is 0.427. The van der Waals surface area contributed by atoms with Crippen LogP contribution in [0.1, 0.15) is 74.5 Å². The van der Waals surface area contributed by atoms with Gasteiger partial charge in [-0.25, -0.2) is 0 Å². The Kier molecular flexibility index (Phi) is 4.84. The van der Waals surface area contributed by atoms with E-state index < -0.39 is 5.54 Å². The van der Waals surface area contributed by atoms with E-state index in [0.29, 0.717) is 11.5 Å². The van der Waals surface area contributed by atoms with E-state index in [1.807, 2.05) is 33.8 Å². The molecule has 0 spiro atoms. The number of hydrogen-bond acceptors (Lipinski definition) is 2. The smallest absolute Gasteiger partial charge is 0.223 e. The molecule has 0 amide bonds. The molecule has 0 aromatic rings. The molecule has 0 saturated heterocycles. The Morgan fingerprint density at radius 3 is 2.33 bits per heavy atom. The average Bonchev–Trinajstić information content (AvgIpc) is 2.70. The second-order valence-electron chi connectivity index (χ2n) is 7.82. The average molecular weight is 326 g/mol. The van der Waals surface area contributed by atoms with Crippen LogP contribution < -0.4 is 0 Å². The van der Waals surface area contributed by atoms with Gasteiger partial charge in [0, 0.05) is 26.3 Å². The van der Waals surface area contributed by atoms with Crippen molar-refractivity contribution in [1.29, 1.82) is 0 Å². The van der Waals surface area contributed by atoms with E-state index >= 15 is 0 Å². The maximum Gasteiger partial charge on any atom is 0.223 e. The monoisotopic (exact) mass is 326 g/mol. The molecule has 128 valence electrons. The number of Topliss-reactive ketones (excluding diaryl/α,β-unsaturated/α-hetero) is 1. The van der Waals surface area contributed by atoms with E-state index in [-0.39, 0.29) is 5.78 Å². The zero-order chi connectivity index (χ0) is 18.2. The molecule has 0 radical (unpaired) electrons. The molecule has 3 nitrogen and oxygen atoms in total. The molecule has 0 fully saturated rings. The first kappa shape index (κ1) is 18.2. The number of carbonyl (C=O) groups excluding carboxylic acids is 1. The van der Waals surface area contributed by atoms with Crippen LogP contribution in [0.3, 0.4) is 0 Å². The van der Waals surface area contributed by atoms with E-state index in [1.54, 1.807) is 13.1 Å². The number of carbonyl (C=O) groups is 1. The molecule has 0 atom stereocenters. The number of hydrogen-bond donors (Lipinski definition) is 1. The highest BCUT2D eigenvalue weighted by molar-refractivity contribution is 6.07. The van der Waals surface area contributed by atoms with E-state index in [0.717, 1.165) is 22.3 Å². The van der Waals surface area contributed by atoms with Crippen molar-refractivity contribution in [3.8, 4) is 11.1 Å². The van der Waals surface area contributed by atoms with E-state index in [1.165, 1.54) is 10.3 Å². The third kappa shape index (κ3) is 3.50. The van der Waals surface area contributed by atoms with Crippen molar-refractivity contribution < 1.29 is 14.7 Å². The number of rotatable bonds is 3. The fourth-order valence-electron chi connectivity index (χ4n) is 2.76. The molecule has 3 heteroatoms. The predicted octanol–water partition coefficient (Wildman–Crippen LogP) is 5.04. The molecule has 0 unspecified atom stereocenters. The maximum atomic E-state index is 12.1. The molecule has 2 rings (SSSR count). The SMILES string of the molecule is CC(=O)c1cc(/C=[N+](\O)C(C)(C)C)c2cc(C(C)C)ccc(C)c1-2. The van der Waals surface area contributed by atoms with Crippen LogP contribution in [0.25, 0.3) is 11.1 Å². The van der Waals surface area contributed by atoms with Gasteiger partial charge in [-0.2, -0.15) is 0 Å². The molecule has 0 aromatic heterocycles. The maximum absolute atomic E-state index is 12.1.